The first-order chi connectivity index (χ1) is 23.0. The molecule has 7 atom stereocenters. The van der Waals surface area contributed by atoms with Crippen molar-refractivity contribution in [2.75, 3.05) is 13.2 Å². The van der Waals surface area contributed by atoms with Gasteiger partial charge in [-0.3, -0.25) is 9.35 Å². The number of allylic oxidation sites excluding steroid dienone is 2. The number of rotatable bonds is 30. The van der Waals surface area contributed by atoms with Gasteiger partial charge in [-0.2, -0.15) is 8.42 Å². The first kappa shape index (κ1) is 44.9. The quantitative estimate of drug-likeness (QED) is 0.0324. The van der Waals surface area contributed by atoms with Gasteiger partial charge >= 0.3 is 10.4 Å². The fourth-order valence-corrected chi connectivity index (χ4v) is 6.36. The zero-order chi connectivity index (χ0) is 35.6. The summed E-state index contributed by atoms with van der Waals surface area (Å²) in [7, 11) is -5.07. The number of ether oxygens (including phenoxy) is 2. The van der Waals surface area contributed by atoms with Gasteiger partial charge in [0, 0.05) is 6.42 Å². The molecule has 284 valence electrons. The molecule has 0 aromatic carbocycles. The molecule has 0 radical (unpaired) electrons. The minimum Gasteiger partial charge on any atom is -0.394 e. The van der Waals surface area contributed by atoms with Gasteiger partial charge in [-0.25, -0.2) is 4.18 Å². The number of hydrogen-bond donors (Lipinski definition) is 6. The van der Waals surface area contributed by atoms with E-state index in [9.17, 15) is 33.6 Å². The van der Waals surface area contributed by atoms with Crippen LogP contribution in [0.3, 0.4) is 0 Å². The lowest BCUT2D eigenvalue weighted by atomic mass is 9.99. The molecule has 12 nitrogen and oxygen atoms in total. The SMILES string of the molecule is CCCC/C=C\CCCCCCC(=O)NC(COC1OC(CO)C(O)C(OS(=O)(=O)O)C1O)C(O)CCCCCCCCCCCCC. The molecule has 13 heteroatoms. The van der Waals surface area contributed by atoms with Gasteiger partial charge in [0.1, 0.15) is 24.4 Å². The topological polar surface area (TPSA) is 192 Å². The van der Waals surface area contributed by atoms with Gasteiger partial charge in [0.25, 0.3) is 0 Å². The molecular weight excluding hydrogens is 642 g/mol. The lowest BCUT2D eigenvalue weighted by molar-refractivity contribution is -0.298. The van der Waals surface area contributed by atoms with E-state index in [1.54, 1.807) is 0 Å². The van der Waals surface area contributed by atoms with Gasteiger partial charge in [0.15, 0.2) is 6.29 Å². The molecule has 0 saturated carbocycles. The highest BCUT2D eigenvalue weighted by atomic mass is 32.3. The van der Waals surface area contributed by atoms with E-state index in [4.69, 9.17) is 14.0 Å². The molecule has 0 aromatic rings. The Labute approximate surface area is 290 Å². The zero-order valence-electron chi connectivity index (χ0n) is 29.6. The summed E-state index contributed by atoms with van der Waals surface area (Å²) in [5, 5.41) is 44.4. The van der Waals surface area contributed by atoms with E-state index in [1.165, 1.54) is 57.8 Å². The van der Waals surface area contributed by atoms with Gasteiger partial charge in [-0.1, -0.05) is 122 Å². The van der Waals surface area contributed by atoms with Crippen molar-refractivity contribution < 1.29 is 51.8 Å². The maximum absolute atomic E-state index is 12.9. The standard InChI is InChI=1S/C35H67NO11S/c1-3-5-7-9-11-13-15-16-18-20-22-24-29(38)28(36-31(39)25-23-21-19-17-14-12-10-8-6-4-2)27-45-35-33(41)34(47-48(42,43)44)32(40)30(26-37)46-35/h10,12,28-30,32-35,37-38,40-41H,3-9,11,13-27H2,1-2H3,(H,36,39)(H,42,43,44)/b12-10-. The van der Waals surface area contributed by atoms with E-state index in [0.29, 0.717) is 12.8 Å². The molecule has 1 rings (SSSR count). The Morgan fingerprint density at radius 2 is 1.35 bits per heavy atom. The third kappa shape index (κ3) is 21.1. The van der Waals surface area contributed by atoms with Crippen LogP contribution in [0.15, 0.2) is 12.2 Å². The van der Waals surface area contributed by atoms with Crippen LogP contribution >= 0.6 is 0 Å². The highest BCUT2D eigenvalue weighted by molar-refractivity contribution is 7.80. The summed E-state index contributed by atoms with van der Waals surface area (Å²) in [6, 6.07) is -0.856. The molecule has 1 saturated heterocycles. The molecule has 1 amide bonds. The van der Waals surface area contributed by atoms with Crippen LogP contribution in [0.5, 0.6) is 0 Å². The Morgan fingerprint density at radius 3 is 1.94 bits per heavy atom. The molecule has 1 fully saturated rings. The molecule has 7 unspecified atom stereocenters. The third-order valence-electron chi connectivity index (χ3n) is 8.82. The van der Waals surface area contributed by atoms with Crippen molar-refractivity contribution in [2.45, 2.75) is 192 Å². The van der Waals surface area contributed by atoms with Crippen LogP contribution in [0.1, 0.15) is 149 Å². The summed E-state index contributed by atoms with van der Waals surface area (Å²) < 4.78 is 47.3. The molecule has 1 heterocycles. The summed E-state index contributed by atoms with van der Waals surface area (Å²) in [6.45, 7) is 3.34. The monoisotopic (exact) mass is 709 g/mol. The van der Waals surface area contributed by atoms with Crippen LogP contribution in [-0.4, -0.2) is 95.4 Å². The Balaban J connectivity index is 2.65. The Bertz CT molecular complexity index is 935. The van der Waals surface area contributed by atoms with Crippen LogP contribution in [0.2, 0.25) is 0 Å². The van der Waals surface area contributed by atoms with Gasteiger partial charge < -0.3 is 35.2 Å². The van der Waals surface area contributed by atoms with Gasteiger partial charge in [-0.05, 0) is 32.1 Å². The van der Waals surface area contributed by atoms with Crippen LogP contribution < -0.4 is 5.32 Å². The number of carbonyl (C=O) groups is 1. The number of amides is 1. The van der Waals surface area contributed by atoms with Crippen LogP contribution in [0, 0.1) is 0 Å². The van der Waals surface area contributed by atoms with E-state index < -0.39 is 59.9 Å². The first-order valence-corrected chi connectivity index (χ1v) is 19.9. The second-order valence-electron chi connectivity index (χ2n) is 13.2. The van der Waals surface area contributed by atoms with E-state index in [1.807, 2.05) is 0 Å². The fourth-order valence-electron chi connectivity index (χ4n) is 5.85. The van der Waals surface area contributed by atoms with Gasteiger partial charge in [-0.15, -0.1) is 0 Å². The predicted molar refractivity (Wildman–Crippen MR) is 186 cm³/mol. The second kappa shape index (κ2) is 27.5. The average molecular weight is 710 g/mol. The third-order valence-corrected chi connectivity index (χ3v) is 9.29. The van der Waals surface area contributed by atoms with Crippen molar-refractivity contribution in [1.82, 2.24) is 5.32 Å². The van der Waals surface area contributed by atoms with E-state index in [0.717, 1.165) is 57.8 Å². The van der Waals surface area contributed by atoms with E-state index >= 15 is 0 Å². The Hall–Kier alpha value is -1.16. The molecule has 1 aliphatic rings. The molecule has 0 aliphatic carbocycles. The minimum atomic E-state index is -5.07. The van der Waals surface area contributed by atoms with Crippen LogP contribution in [0.4, 0.5) is 0 Å². The molecule has 6 N–H and O–H groups in total. The van der Waals surface area contributed by atoms with Crippen LogP contribution in [0.25, 0.3) is 0 Å². The maximum atomic E-state index is 12.9. The fraction of sp³-hybridized carbons (Fsp3) is 0.914. The van der Waals surface area contributed by atoms with E-state index in [2.05, 4.69) is 35.5 Å². The summed E-state index contributed by atoms with van der Waals surface area (Å²) in [4.78, 5) is 12.9. The smallest absolute Gasteiger partial charge is 0.394 e. The molecule has 0 spiro atoms. The largest absolute Gasteiger partial charge is 0.397 e. The van der Waals surface area contributed by atoms with Crippen molar-refractivity contribution in [1.29, 1.82) is 0 Å². The summed E-state index contributed by atoms with van der Waals surface area (Å²) in [6.07, 6.45) is 16.7. The highest BCUT2D eigenvalue weighted by Gasteiger charge is 2.48. The van der Waals surface area contributed by atoms with Gasteiger partial charge in [0.05, 0.1) is 25.4 Å². The minimum absolute atomic E-state index is 0.248. The van der Waals surface area contributed by atoms with E-state index in [-0.39, 0.29) is 18.9 Å². The maximum Gasteiger partial charge on any atom is 0.397 e. The number of unbranched alkanes of at least 4 members (excludes halogenated alkanes) is 16. The Kier molecular flexibility index (Phi) is 25.7. The zero-order valence-corrected chi connectivity index (χ0v) is 30.4. The van der Waals surface area contributed by atoms with Crippen molar-refractivity contribution >= 4 is 16.3 Å². The first-order valence-electron chi connectivity index (χ1n) is 18.6. The lowest BCUT2D eigenvalue weighted by Gasteiger charge is -2.41. The number of carbonyl (C=O) groups excluding carboxylic acids is 1. The van der Waals surface area contributed by atoms with Gasteiger partial charge in [0.2, 0.25) is 5.91 Å². The summed E-state index contributed by atoms with van der Waals surface area (Å²) in [5.74, 6) is -0.248. The van der Waals surface area contributed by atoms with Crippen molar-refractivity contribution in [3.63, 3.8) is 0 Å². The van der Waals surface area contributed by atoms with Crippen molar-refractivity contribution in [3.05, 3.63) is 12.2 Å². The molecule has 0 bridgehead atoms. The summed E-state index contributed by atoms with van der Waals surface area (Å²) >= 11 is 0. The number of aliphatic hydroxyl groups excluding tert-OH is 4. The van der Waals surface area contributed by atoms with Crippen LogP contribution in [-0.2, 0) is 28.9 Å². The normalized spacial score (nSPS) is 23.0. The molecule has 0 aromatic heterocycles. The highest BCUT2D eigenvalue weighted by Crippen LogP contribution is 2.26. The Morgan fingerprint density at radius 1 is 0.812 bits per heavy atom. The second-order valence-corrected chi connectivity index (χ2v) is 14.2. The molecule has 1 aliphatic heterocycles. The summed E-state index contributed by atoms with van der Waals surface area (Å²) in [5.41, 5.74) is 0. The average Bonchev–Trinajstić information content (AvgIpc) is 3.04. The number of aliphatic hydroxyl groups is 4. The lowest BCUT2D eigenvalue weighted by Crippen LogP contribution is -2.61. The molecular formula is C35H67NO11S. The number of hydrogen-bond acceptors (Lipinski definition) is 10. The number of nitrogens with one attached hydrogen (secondary N) is 1. The van der Waals surface area contributed by atoms with Crippen molar-refractivity contribution in [2.24, 2.45) is 0 Å². The molecule has 48 heavy (non-hydrogen) atoms. The van der Waals surface area contributed by atoms with Crippen molar-refractivity contribution in [3.8, 4) is 0 Å². The predicted octanol–water partition coefficient (Wildman–Crippen LogP) is 5.26.